The van der Waals surface area contributed by atoms with Crippen molar-refractivity contribution in [3.8, 4) is 0 Å². The molecule has 1 fully saturated rings. The van der Waals surface area contributed by atoms with Crippen LogP contribution in [0, 0.1) is 24.7 Å². The Labute approximate surface area is 184 Å². The van der Waals surface area contributed by atoms with E-state index in [0.717, 1.165) is 31.5 Å². The van der Waals surface area contributed by atoms with Gasteiger partial charge in [0.2, 0.25) is 0 Å². The second-order valence-corrected chi connectivity index (χ2v) is 8.90. The quantitative estimate of drug-likeness (QED) is 0.627. The van der Waals surface area contributed by atoms with Gasteiger partial charge in [0.05, 0.1) is 12.3 Å². The average Bonchev–Trinajstić information content (AvgIpc) is 3.38. The molecule has 4 rings (SSSR count). The van der Waals surface area contributed by atoms with Gasteiger partial charge in [-0.1, -0.05) is 42.5 Å². The lowest BCUT2D eigenvalue weighted by Crippen LogP contribution is -2.36. The maximum atomic E-state index is 13.1. The molecule has 0 radical (unpaired) electrons. The van der Waals surface area contributed by atoms with E-state index in [2.05, 4.69) is 34.2 Å². The standard InChI is InChI=1S/C26H32N2O3/c1-18-13-24(29)25(26(30)27-16-22-15-20-10-11-21(22)14-20)23(17-31-2)28(18)12-6-9-19-7-4-3-5-8-19/h3-5,7-8,10-11,13,20-22H,6,9,12,14-17H2,1-2H3,(H,27,30)/t20-,21+,22-/m1/s1. The highest BCUT2D eigenvalue weighted by molar-refractivity contribution is 5.95. The van der Waals surface area contributed by atoms with Crippen LogP contribution in [-0.4, -0.2) is 24.1 Å². The number of benzene rings is 1. The number of methoxy groups -OCH3 is 1. The molecule has 5 heteroatoms. The molecular formula is C26H32N2O3. The predicted molar refractivity (Wildman–Crippen MR) is 122 cm³/mol. The minimum Gasteiger partial charge on any atom is -0.378 e. The van der Waals surface area contributed by atoms with Gasteiger partial charge in [0.1, 0.15) is 5.56 Å². The number of fused-ring (bicyclic) bond motifs is 2. The highest BCUT2D eigenvalue weighted by Crippen LogP contribution is 2.42. The van der Waals surface area contributed by atoms with E-state index in [1.54, 1.807) is 13.2 Å². The molecule has 0 aliphatic heterocycles. The number of rotatable bonds is 9. The Morgan fingerprint density at radius 2 is 2.00 bits per heavy atom. The molecule has 164 valence electrons. The van der Waals surface area contributed by atoms with Gasteiger partial charge in [-0.2, -0.15) is 0 Å². The zero-order chi connectivity index (χ0) is 21.8. The fourth-order valence-electron chi connectivity index (χ4n) is 5.20. The molecule has 2 bridgehead atoms. The molecule has 1 heterocycles. The van der Waals surface area contributed by atoms with Crippen molar-refractivity contribution in [2.24, 2.45) is 17.8 Å². The van der Waals surface area contributed by atoms with E-state index in [9.17, 15) is 9.59 Å². The highest BCUT2D eigenvalue weighted by atomic mass is 16.5. The molecule has 5 nitrogen and oxygen atoms in total. The van der Waals surface area contributed by atoms with Gasteiger partial charge in [-0.3, -0.25) is 9.59 Å². The smallest absolute Gasteiger partial charge is 0.257 e. The Bertz CT molecular complexity index is 1010. The second-order valence-electron chi connectivity index (χ2n) is 8.90. The van der Waals surface area contributed by atoms with E-state index >= 15 is 0 Å². The van der Waals surface area contributed by atoms with Crippen LogP contribution >= 0.6 is 0 Å². The summed E-state index contributed by atoms with van der Waals surface area (Å²) in [5.41, 5.74) is 2.82. The lowest BCUT2D eigenvalue weighted by molar-refractivity contribution is 0.0936. The van der Waals surface area contributed by atoms with Gasteiger partial charge < -0.3 is 14.6 Å². The van der Waals surface area contributed by atoms with Crippen LogP contribution < -0.4 is 10.7 Å². The Balaban J connectivity index is 1.50. The van der Waals surface area contributed by atoms with E-state index in [4.69, 9.17) is 4.74 Å². The molecule has 1 amide bonds. The van der Waals surface area contributed by atoms with Crippen LogP contribution in [0.4, 0.5) is 0 Å². The minimum absolute atomic E-state index is 0.228. The molecule has 3 atom stereocenters. The van der Waals surface area contributed by atoms with Crippen molar-refractivity contribution in [1.29, 1.82) is 0 Å². The van der Waals surface area contributed by atoms with Gasteiger partial charge in [0, 0.05) is 32.0 Å². The first-order valence-corrected chi connectivity index (χ1v) is 11.3. The molecule has 0 spiro atoms. The largest absolute Gasteiger partial charge is 0.378 e. The molecule has 1 aromatic heterocycles. The van der Waals surface area contributed by atoms with Crippen molar-refractivity contribution in [2.45, 2.75) is 45.8 Å². The number of nitrogens with zero attached hydrogens (tertiary/aromatic N) is 1. The monoisotopic (exact) mass is 420 g/mol. The van der Waals surface area contributed by atoms with Crippen LogP contribution in [0.25, 0.3) is 0 Å². The lowest BCUT2D eigenvalue weighted by Gasteiger charge is -2.21. The fourth-order valence-corrected chi connectivity index (χ4v) is 5.20. The number of aromatic nitrogens is 1. The Kier molecular flexibility index (Phi) is 6.71. The number of carbonyl (C=O) groups excluding carboxylic acids is 1. The topological polar surface area (TPSA) is 60.3 Å². The van der Waals surface area contributed by atoms with Crippen molar-refractivity contribution in [3.05, 3.63) is 81.3 Å². The number of aryl methyl sites for hydroxylation is 2. The summed E-state index contributed by atoms with van der Waals surface area (Å²) in [5, 5.41) is 3.05. The summed E-state index contributed by atoms with van der Waals surface area (Å²) in [4.78, 5) is 25.9. The number of hydrogen-bond donors (Lipinski definition) is 1. The summed E-state index contributed by atoms with van der Waals surface area (Å²) in [6.07, 6.45) is 8.78. The summed E-state index contributed by atoms with van der Waals surface area (Å²) < 4.78 is 7.48. The van der Waals surface area contributed by atoms with Gasteiger partial charge in [-0.05, 0) is 55.9 Å². The Morgan fingerprint density at radius 3 is 2.68 bits per heavy atom. The summed E-state index contributed by atoms with van der Waals surface area (Å²) in [6, 6.07) is 11.9. The van der Waals surface area contributed by atoms with Gasteiger partial charge in [0.25, 0.3) is 5.91 Å². The summed E-state index contributed by atoms with van der Waals surface area (Å²) in [6.45, 7) is 3.52. The lowest BCUT2D eigenvalue weighted by atomic mass is 9.93. The maximum Gasteiger partial charge on any atom is 0.257 e. The van der Waals surface area contributed by atoms with Gasteiger partial charge >= 0.3 is 0 Å². The number of pyridine rings is 1. The highest BCUT2D eigenvalue weighted by Gasteiger charge is 2.35. The third kappa shape index (κ3) is 4.82. The van der Waals surface area contributed by atoms with Crippen molar-refractivity contribution < 1.29 is 9.53 Å². The molecule has 2 aromatic rings. The van der Waals surface area contributed by atoms with Crippen LogP contribution in [0.5, 0.6) is 0 Å². The first-order valence-electron chi connectivity index (χ1n) is 11.3. The zero-order valence-electron chi connectivity index (χ0n) is 18.5. The summed E-state index contributed by atoms with van der Waals surface area (Å²) in [5.74, 6) is 1.43. The van der Waals surface area contributed by atoms with Crippen LogP contribution in [0.2, 0.25) is 0 Å². The predicted octanol–water partition coefficient (Wildman–Crippen LogP) is 3.88. The SMILES string of the molecule is COCc1c(C(=O)NC[C@H]2C[C@@H]3C=C[C@H]2C3)c(=O)cc(C)n1CCCc1ccccc1. The fraction of sp³-hybridized carbons (Fsp3) is 0.462. The van der Waals surface area contributed by atoms with Crippen LogP contribution in [-0.2, 0) is 24.3 Å². The Morgan fingerprint density at radius 1 is 1.19 bits per heavy atom. The van der Waals surface area contributed by atoms with E-state index < -0.39 is 0 Å². The maximum absolute atomic E-state index is 13.1. The number of hydrogen-bond acceptors (Lipinski definition) is 3. The molecular weight excluding hydrogens is 388 g/mol. The van der Waals surface area contributed by atoms with Crippen molar-refractivity contribution in [3.63, 3.8) is 0 Å². The Hall–Kier alpha value is -2.66. The van der Waals surface area contributed by atoms with E-state index in [-0.39, 0.29) is 23.5 Å². The zero-order valence-corrected chi connectivity index (χ0v) is 18.5. The van der Waals surface area contributed by atoms with E-state index in [1.807, 2.05) is 25.1 Å². The molecule has 1 N–H and O–H groups in total. The molecule has 0 saturated heterocycles. The average molecular weight is 421 g/mol. The van der Waals surface area contributed by atoms with E-state index in [1.165, 1.54) is 12.0 Å². The van der Waals surface area contributed by atoms with E-state index in [0.29, 0.717) is 30.0 Å². The number of ether oxygens (including phenoxy) is 1. The number of nitrogens with one attached hydrogen (secondary N) is 1. The molecule has 2 aliphatic carbocycles. The molecule has 1 aromatic carbocycles. The minimum atomic E-state index is -0.277. The van der Waals surface area contributed by atoms with Crippen LogP contribution in [0.3, 0.4) is 0 Å². The first-order chi connectivity index (χ1) is 15.1. The first kappa shape index (κ1) is 21.6. The molecule has 1 saturated carbocycles. The van der Waals surface area contributed by atoms with Crippen molar-refractivity contribution >= 4 is 5.91 Å². The molecule has 2 aliphatic rings. The summed E-state index contributed by atoms with van der Waals surface area (Å²) >= 11 is 0. The van der Waals surface area contributed by atoms with Gasteiger partial charge in [0.15, 0.2) is 5.43 Å². The second kappa shape index (κ2) is 9.65. The van der Waals surface area contributed by atoms with Crippen LogP contribution in [0.1, 0.15) is 46.6 Å². The van der Waals surface area contributed by atoms with Crippen molar-refractivity contribution in [2.75, 3.05) is 13.7 Å². The number of allylic oxidation sites excluding steroid dienone is 2. The van der Waals surface area contributed by atoms with Gasteiger partial charge in [-0.15, -0.1) is 0 Å². The number of carbonyl (C=O) groups is 1. The van der Waals surface area contributed by atoms with Crippen LogP contribution in [0.15, 0.2) is 53.3 Å². The van der Waals surface area contributed by atoms with Gasteiger partial charge in [-0.25, -0.2) is 0 Å². The van der Waals surface area contributed by atoms with Crippen molar-refractivity contribution in [1.82, 2.24) is 9.88 Å². The summed E-state index contributed by atoms with van der Waals surface area (Å²) in [7, 11) is 1.60. The molecule has 0 unspecified atom stereocenters. The third-order valence-corrected chi connectivity index (χ3v) is 6.77. The number of amides is 1. The molecule has 31 heavy (non-hydrogen) atoms. The third-order valence-electron chi connectivity index (χ3n) is 6.77. The normalized spacial score (nSPS) is 21.5.